The van der Waals surface area contributed by atoms with Crippen LogP contribution in [0.2, 0.25) is 5.02 Å². The number of nitrogens with one attached hydrogen (secondary N) is 3. The van der Waals surface area contributed by atoms with Crippen molar-refractivity contribution in [2.75, 3.05) is 23.7 Å². The monoisotopic (exact) mass is 413 g/mol. The van der Waals surface area contributed by atoms with Crippen LogP contribution in [0.1, 0.15) is 22.8 Å². The molecule has 0 fully saturated rings. The first-order valence-corrected chi connectivity index (χ1v) is 9.64. The van der Waals surface area contributed by atoms with E-state index in [1.54, 1.807) is 16.8 Å². The standard InChI is InChI=1S/C20H24ClN7O/c1-12-10-13(2)28(27-12)19-11-18(24-15(4)25-19)22-8-9-23-20(29)26-17-7-5-6-16(21)14(17)3/h5-7,10-11H,8-9H2,1-4H3,(H,22,24,25)(H2,23,26,29). The summed E-state index contributed by atoms with van der Waals surface area (Å²) in [6.45, 7) is 8.54. The van der Waals surface area contributed by atoms with Gasteiger partial charge < -0.3 is 16.0 Å². The predicted octanol–water partition coefficient (Wildman–Crippen LogP) is 3.78. The Morgan fingerprint density at radius 2 is 1.90 bits per heavy atom. The van der Waals surface area contributed by atoms with Gasteiger partial charge in [0.15, 0.2) is 5.82 Å². The van der Waals surface area contributed by atoms with Gasteiger partial charge in [-0.15, -0.1) is 0 Å². The van der Waals surface area contributed by atoms with Crippen molar-refractivity contribution in [3.05, 3.63) is 58.1 Å². The molecule has 2 heterocycles. The summed E-state index contributed by atoms with van der Waals surface area (Å²) in [5, 5.41) is 13.9. The van der Waals surface area contributed by atoms with Gasteiger partial charge in [0, 0.05) is 35.6 Å². The summed E-state index contributed by atoms with van der Waals surface area (Å²) < 4.78 is 1.79. The number of aryl methyl sites for hydroxylation is 3. The number of carbonyl (C=O) groups excluding carboxylic acids is 1. The van der Waals surface area contributed by atoms with E-state index in [9.17, 15) is 4.79 Å². The summed E-state index contributed by atoms with van der Waals surface area (Å²) in [6.07, 6.45) is 0. The summed E-state index contributed by atoms with van der Waals surface area (Å²) >= 11 is 6.07. The van der Waals surface area contributed by atoms with E-state index < -0.39 is 0 Å². The molecule has 0 atom stereocenters. The van der Waals surface area contributed by atoms with Crippen LogP contribution < -0.4 is 16.0 Å². The molecule has 8 nitrogen and oxygen atoms in total. The summed E-state index contributed by atoms with van der Waals surface area (Å²) in [7, 11) is 0. The van der Waals surface area contributed by atoms with E-state index in [-0.39, 0.29) is 6.03 Å². The second kappa shape index (κ2) is 8.91. The SMILES string of the molecule is Cc1cc(C)n(-c2cc(NCCNC(=O)Nc3cccc(Cl)c3C)nc(C)n2)n1. The van der Waals surface area contributed by atoms with Crippen LogP contribution in [-0.4, -0.2) is 38.9 Å². The van der Waals surface area contributed by atoms with Crippen LogP contribution in [0.3, 0.4) is 0 Å². The van der Waals surface area contributed by atoms with Crippen molar-refractivity contribution >= 4 is 29.1 Å². The minimum Gasteiger partial charge on any atom is -0.368 e. The summed E-state index contributed by atoms with van der Waals surface area (Å²) in [5.74, 6) is 2.01. The Balaban J connectivity index is 1.55. The number of anilines is 2. The minimum absolute atomic E-state index is 0.292. The van der Waals surface area contributed by atoms with E-state index in [0.29, 0.717) is 41.3 Å². The van der Waals surface area contributed by atoms with Crippen molar-refractivity contribution in [2.24, 2.45) is 0 Å². The summed E-state index contributed by atoms with van der Waals surface area (Å²) in [6, 6.07) is 8.93. The van der Waals surface area contributed by atoms with Gasteiger partial charge in [-0.2, -0.15) is 5.10 Å². The molecule has 1 aromatic carbocycles. The highest BCUT2D eigenvalue weighted by atomic mass is 35.5. The van der Waals surface area contributed by atoms with E-state index in [2.05, 4.69) is 31.0 Å². The number of amides is 2. The lowest BCUT2D eigenvalue weighted by Crippen LogP contribution is -2.33. The van der Waals surface area contributed by atoms with Gasteiger partial charge in [0.2, 0.25) is 0 Å². The highest BCUT2D eigenvalue weighted by Crippen LogP contribution is 2.22. The van der Waals surface area contributed by atoms with Gasteiger partial charge in [-0.1, -0.05) is 17.7 Å². The fourth-order valence-electron chi connectivity index (χ4n) is 2.89. The second-order valence-electron chi connectivity index (χ2n) is 6.72. The van der Waals surface area contributed by atoms with Crippen LogP contribution in [-0.2, 0) is 0 Å². The number of aromatic nitrogens is 4. The van der Waals surface area contributed by atoms with E-state index in [1.165, 1.54) is 0 Å². The van der Waals surface area contributed by atoms with Crippen molar-refractivity contribution in [1.82, 2.24) is 25.1 Å². The highest BCUT2D eigenvalue weighted by Gasteiger charge is 2.09. The van der Waals surface area contributed by atoms with E-state index in [0.717, 1.165) is 17.0 Å². The number of carbonyl (C=O) groups is 1. The van der Waals surface area contributed by atoms with Crippen molar-refractivity contribution in [2.45, 2.75) is 27.7 Å². The molecule has 0 unspecified atom stereocenters. The molecule has 3 aromatic rings. The smallest absolute Gasteiger partial charge is 0.319 e. The maximum absolute atomic E-state index is 12.1. The number of hydrogen-bond acceptors (Lipinski definition) is 5. The van der Waals surface area contributed by atoms with Gasteiger partial charge >= 0.3 is 6.03 Å². The number of benzene rings is 1. The lowest BCUT2D eigenvalue weighted by molar-refractivity contribution is 0.252. The lowest BCUT2D eigenvalue weighted by Gasteiger charge is -2.12. The molecule has 0 aliphatic carbocycles. The minimum atomic E-state index is -0.292. The first-order chi connectivity index (χ1) is 13.8. The molecule has 0 spiro atoms. The largest absolute Gasteiger partial charge is 0.368 e. The fraction of sp³-hybridized carbons (Fsp3) is 0.300. The van der Waals surface area contributed by atoms with Crippen molar-refractivity contribution in [1.29, 1.82) is 0 Å². The Morgan fingerprint density at radius 3 is 2.62 bits per heavy atom. The van der Waals surface area contributed by atoms with Gasteiger partial charge in [-0.25, -0.2) is 19.4 Å². The van der Waals surface area contributed by atoms with Gasteiger partial charge in [0.05, 0.1) is 5.69 Å². The van der Waals surface area contributed by atoms with Crippen molar-refractivity contribution in [3.63, 3.8) is 0 Å². The molecule has 0 aliphatic rings. The maximum atomic E-state index is 12.1. The Morgan fingerprint density at radius 1 is 1.10 bits per heavy atom. The molecule has 2 amide bonds. The third kappa shape index (κ3) is 5.23. The number of halogens is 1. The molecule has 0 bridgehead atoms. The first-order valence-electron chi connectivity index (χ1n) is 9.26. The van der Waals surface area contributed by atoms with Gasteiger partial charge in [-0.3, -0.25) is 0 Å². The first kappa shape index (κ1) is 20.6. The third-order valence-electron chi connectivity index (χ3n) is 4.28. The van der Waals surface area contributed by atoms with E-state index in [1.807, 2.05) is 45.9 Å². The van der Waals surface area contributed by atoms with Crippen molar-refractivity contribution < 1.29 is 4.79 Å². The Labute approximate surface area is 174 Å². The summed E-state index contributed by atoms with van der Waals surface area (Å²) in [4.78, 5) is 20.9. The highest BCUT2D eigenvalue weighted by molar-refractivity contribution is 6.31. The molecule has 9 heteroatoms. The molecule has 29 heavy (non-hydrogen) atoms. The lowest BCUT2D eigenvalue weighted by atomic mass is 10.2. The number of nitrogens with zero attached hydrogens (tertiary/aromatic N) is 4. The predicted molar refractivity (Wildman–Crippen MR) is 115 cm³/mol. The van der Waals surface area contributed by atoms with E-state index >= 15 is 0 Å². The topological polar surface area (TPSA) is 96.8 Å². The van der Waals surface area contributed by atoms with Crippen LogP contribution in [0.4, 0.5) is 16.3 Å². The van der Waals surface area contributed by atoms with Crippen LogP contribution in [0, 0.1) is 27.7 Å². The zero-order valence-electron chi connectivity index (χ0n) is 16.9. The quantitative estimate of drug-likeness (QED) is 0.534. The Bertz CT molecular complexity index is 1030. The summed E-state index contributed by atoms with van der Waals surface area (Å²) in [5.41, 5.74) is 3.44. The molecule has 0 saturated carbocycles. The molecule has 152 valence electrons. The zero-order chi connectivity index (χ0) is 21.0. The maximum Gasteiger partial charge on any atom is 0.319 e. The molecule has 0 radical (unpaired) electrons. The Hall–Kier alpha value is -3.13. The Kier molecular flexibility index (Phi) is 6.33. The van der Waals surface area contributed by atoms with Crippen molar-refractivity contribution in [3.8, 4) is 5.82 Å². The molecule has 0 aliphatic heterocycles. The number of rotatable bonds is 6. The van der Waals surface area contributed by atoms with Crippen LogP contribution >= 0.6 is 11.6 Å². The van der Waals surface area contributed by atoms with Crippen LogP contribution in [0.25, 0.3) is 5.82 Å². The zero-order valence-corrected chi connectivity index (χ0v) is 17.6. The third-order valence-corrected chi connectivity index (χ3v) is 4.69. The molecule has 3 rings (SSSR count). The molecular weight excluding hydrogens is 390 g/mol. The van der Waals surface area contributed by atoms with Gasteiger partial charge in [0.1, 0.15) is 11.6 Å². The molecule has 3 N–H and O–H groups in total. The molecule has 0 saturated heterocycles. The van der Waals surface area contributed by atoms with Crippen LogP contribution in [0.15, 0.2) is 30.3 Å². The van der Waals surface area contributed by atoms with Gasteiger partial charge in [0.25, 0.3) is 0 Å². The van der Waals surface area contributed by atoms with Gasteiger partial charge in [-0.05, 0) is 51.5 Å². The molecular formula is C20H24ClN7O. The number of urea groups is 1. The average Bonchev–Trinajstić information content (AvgIpc) is 3.00. The second-order valence-corrected chi connectivity index (χ2v) is 7.12. The van der Waals surface area contributed by atoms with E-state index in [4.69, 9.17) is 11.6 Å². The van der Waals surface area contributed by atoms with Crippen LogP contribution in [0.5, 0.6) is 0 Å². The fourth-order valence-corrected chi connectivity index (χ4v) is 3.06. The number of hydrogen-bond donors (Lipinski definition) is 3. The normalized spacial score (nSPS) is 10.7. The molecule has 2 aromatic heterocycles. The average molecular weight is 414 g/mol.